The standard InChI is InChI=1S/C16H28N4OS/c1-13(2)19(3)10-14-4-5-16(11-21-14)6-8-20(9-7-16)15-18-17-12-22-15/h12-14H,4-11H2,1-3H3/t14-/m0/s1. The Morgan fingerprint density at radius 1 is 1.41 bits per heavy atom. The molecular formula is C16H28N4OS. The van der Waals surface area contributed by atoms with Crippen LogP contribution >= 0.6 is 11.3 Å². The summed E-state index contributed by atoms with van der Waals surface area (Å²) in [6, 6.07) is 0.592. The first kappa shape index (κ1) is 16.1. The second-order valence-electron chi connectivity index (χ2n) is 7.21. The number of hydrogen-bond acceptors (Lipinski definition) is 6. The normalized spacial score (nSPS) is 25.3. The quantitative estimate of drug-likeness (QED) is 0.852. The van der Waals surface area contributed by atoms with Gasteiger partial charge in [0.05, 0.1) is 12.7 Å². The zero-order valence-corrected chi connectivity index (χ0v) is 14.8. The fourth-order valence-electron chi connectivity index (χ4n) is 3.47. The summed E-state index contributed by atoms with van der Waals surface area (Å²) in [7, 11) is 2.19. The van der Waals surface area contributed by atoms with Gasteiger partial charge in [-0.2, -0.15) is 0 Å². The number of ether oxygens (including phenoxy) is 1. The van der Waals surface area contributed by atoms with E-state index in [1.54, 1.807) is 11.3 Å². The van der Waals surface area contributed by atoms with E-state index in [2.05, 4.69) is 40.9 Å². The van der Waals surface area contributed by atoms with E-state index >= 15 is 0 Å². The van der Waals surface area contributed by atoms with Crippen molar-refractivity contribution in [1.29, 1.82) is 0 Å². The van der Waals surface area contributed by atoms with Crippen molar-refractivity contribution in [2.45, 2.75) is 51.7 Å². The predicted octanol–water partition coefficient (Wildman–Crippen LogP) is 2.64. The fraction of sp³-hybridized carbons (Fsp3) is 0.875. The maximum absolute atomic E-state index is 6.23. The molecule has 2 saturated heterocycles. The molecule has 0 N–H and O–H groups in total. The van der Waals surface area contributed by atoms with Crippen LogP contribution in [0, 0.1) is 5.41 Å². The average Bonchev–Trinajstić information content (AvgIpc) is 3.05. The van der Waals surface area contributed by atoms with Crippen LogP contribution in [0.3, 0.4) is 0 Å². The lowest BCUT2D eigenvalue weighted by atomic mass is 9.73. The minimum absolute atomic E-state index is 0.411. The molecule has 1 atom stereocenters. The van der Waals surface area contributed by atoms with Crippen LogP contribution in [0.4, 0.5) is 5.13 Å². The van der Waals surface area contributed by atoms with E-state index in [9.17, 15) is 0 Å². The average molecular weight is 324 g/mol. The maximum atomic E-state index is 6.23. The lowest BCUT2D eigenvalue weighted by Crippen LogP contribution is -2.47. The number of nitrogens with zero attached hydrogens (tertiary/aromatic N) is 4. The summed E-state index contributed by atoms with van der Waals surface area (Å²) in [6.45, 7) is 8.67. The molecule has 6 heteroatoms. The smallest absolute Gasteiger partial charge is 0.208 e. The lowest BCUT2D eigenvalue weighted by Gasteiger charge is -2.46. The third kappa shape index (κ3) is 3.60. The first-order valence-corrected chi connectivity index (χ1v) is 9.29. The van der Waals surface area contributed by atoms with E-state index in [-0.39, 0.29) is 0 Å². The van der Waals surface area contributed by atoms with Crippen LogP contribution in [0.1, 0.15) is 39.5 Å². The van der Waals surface area contributed by atoms with Crippen molar-refractivity contribution in [3.8, 4) is 0 Å². The molecule has 0 unspecified atom stereocenters. The number of aromatic nitrogens is 2. The van der Waals surface area contributed by atoms with E-state index in [0.717, 1.165) is 31.4 Å². The molecule has 0 radical (unpaired) electrons. The zero-order chi connectivity index (χ0) is 15.6. The third-order valence-corrected chi connectivity index (χ3v) is 6.19. The van der Waals surface area contributed by atoms with Crippen LogP contribution < -0.4 is 4.90 Å². The summed E-state index contributed by atoms with van der Waals surface area (Å²) >= 11 is 1.64. The molecule has 0 aliphatic carbocycles. The van der Waals surface area contributed by atoms with Gasteiger partial charge < -0.3 is 14.5 Å². The predicted molar refractivity (Wildman–Crippen MR) is 90.5 cm³/mol. The number of hydrogen-bond donors (Lipinski definition) is 0. The SMILES string of the molecule is CC(C)N(C)C[C@@H]1CCC2(CCN(c3nncs3)CC2)CO1. The van der Waals surface area contributed by atoms with Crippen molar-refractivity contribution in [2.24, 2.45) is 5.41 Å². The molecule has 0 aromatic carbocycles. The van der Waals surface area contributed by atoms with Gasteiger partial charge in [-0.05, 0) is 52.0 Å². The van der Waals surface area contributed by atoms with Crippen LogP contribution in [0.25, 0.3) is 0 Å². The van der Waals surface area contributed by atoms with Crippen molar-refractivity contribution in [3.63, 3.8) is 0 Å². The van der Waals surface area contributed by atoms with Gasteiger partial charge in [0.25, 0.3) is 0 Å². The Balaban J connectivity index is 1.47. The summed E-state index contributed by atoms with van der Waals surface area (Å²) in [5.74, 6) is 0. The topological polar surface area (TPSA) is 41.5 Å². The highest BCUT2D eigenvalue weighted by molar-refractivity contribution is 7.13. The highest BCUT2D eigenvalue weighted by Gasteiger charge is 2.39. The molecule has 0 bridgehead atoms. The highest BCUT2D eigenvalue weighted by atomic mass is 32.1. The molecule has 2 fully saturated rings. The van der Waals surface area contributed by atoms with Gasteiger partial charge in [-0.1, -0.05) is 11.3 Å². The Morgan fingerprint density at radius 2 is 2.18 bits per heavy atom. The van der Waals surface area contributed by atoms with E-state index in [1.165, 1.54) is 25.7 Å². The van der Waals surface area contributed by atoms with Gasteiger partial charge >= 0.3 is 0 Å². The van der Waals surface area contributed by atoms with Crippen molar-refractivity contribution in [2.75, 3.05) is 38.2 Å². The van der Waals surface area contributed by atoms with Gasteiger partial charge in [0, 0.05) is 25.7 Å². The highest BCUT2D eigenvalue weighted by Crippen LogP contribution is 2.41. The number of anilines is 1. The molecule has 2 aliphatic heterocycles. The van der Waals surface area contributed by atoms with Crippen molar-refractivity contribution >= 4 is 16.5 Å². The monoisotopic (exact) mass is 324 g/mol. The van der Waals surface area contributed by atoms with Crippen LogP contribution in [0.15, 0.2) is 5.51 Å². The number of piperidine rings is 1. The molecule has 124 valence electrons. The second-order valence-corrected chi connectivity index (χ2v) is 8.03. The molecule has 1 aromatic rings. The molecule has 5 nitrogen and oxygen atoms in total. The molecule has 3 rings (SSSR count). The Bertz CT molecular complexity index is 447. The summed E-state index contributed by atoms with van der Waals surface area (Å²) < 4.78 is 6.23. The Kier molecular flexibility index (Phi) is 5.00. The summed E-state index contributed by atoms with van der Waals surface area (Å²) in [5.41, 5.74) is 2.23. The number of rotatable bonds is 4. The number of likely N-dealkylation sites (N-methyl/N-ethyl adjacent to an activating group) is 1. The van der Waals surface area contributed by atoms with Crippen LogP contribution in [0.2, 0.25) is 0 Å². The Labute approximate surface area is 137 Å². The first-order chi connectivity index (χ1) is 10.6. The molecule has 3 heterocycles. The molecule has 22 heavy (non-hydrogen) atoms. The summed E-state index contributed by atoms with van der Waals surface area (Å²) in [6.07, 6.45) is 5.38. The van der Waals surface area contributed by atoms with E-state index in [1.807, 2.05) is 5.51 Å². The molecule has 0 amide bonds. The van der Waals surface area contributed by atoms with Gasteiger partial charge in [0.1, 0.15) is 5.51 Å². The largest absolute Gasteiger partial charge is 0.376 e. The minimum atomic E-state index is 0.411. The van der Waals surface area contributed by atoms with Crippen LogP contribution in [-0.4, -0.2) is 60.5 Å². The molecule has 1 aromatic heterocycles. The van der Waals surface area contributed by atoms with E-state index in [0.29, 0.717) is 17.6 Å². The third-order valence-electron chi connectivity index (χ3n) is 5.44. The lowest BCUT2D eigenvalue weighted by molar-refractivity contribution is -0.0821. The van der Waals surface area contributed by atoms with Crippen LogP contribution in [-0.2, 0) is 4.74 Å². The molecule has 1 spiro atoms. The second kappa shape index (κ2) is 6.81. The zero-order valence-electron chi connectivity index (χ0n) is 14.0. The Morgan fingerprint density at radius 3 is 2.73 bits per heavy atom. The fourth-order valence-corrected chi connectivity index (χ4v) is 4.08. The van der Waals surface area contributed by atoms with Crippen LogP contribution in [0.5, 0.6) is 0 Å². The van der Waals surface area contributed by atoms with Gasteiger partial charge in [-0.3, -0.25) is 0 Å². The van der Waals surface area contributed by atoms with E-state index < -0.39 is 0 Å². The summed E-state index contributed by atoms with van der Waals surface area (Å²) in [4.78, 5) is 4.77. The molecular weight excluding hydrogens is 296 g/mol. The van der Waals surface area contributed by atoms with Gasteiger partial charge in [-0.15, -0.1) is 10.2 Å². The van der Waals surface area contributed by atoms with Crippen molar-refractivity contribution in [3.05, 3.63) is 5.51 Å². The van der Waals surface area contributed by atoms with Crippen molar-refractivity contribution < 1.29 is 4.74 Å². The minimum Gasteiger partial charge on any atom is -0.376 e. The van der Waals surface area contributed by atoms with Gasteiger partial charge in [0.2, 0.25) is 5.13 Å². The van der Waals surface area contributed by atoms with E-state index in [4.69, 9.17) is 4.74 Å². The van der Waals surface area contributed by atoms with Crippen molar-refractivity contribution in [1.82, 2.24) is 15.1 Å². The summed E-state index contributed by atoms with van der Waals surface area (Å²) in [5, 5.41) is 9.22. The molecule has 2 aliphatic rings. The van der Waals surface area contributed by atoms with Gasteiger partial charge in [0.15, 0.2) is 0 Å². The maximum Gasteiger partial charge on any atom is 0.208 e. The Hall–Kier alpha value is -0.720. The first-order valence-electron chi connectivity index (χ1n) is 8.41. The van der Waals surface area contributed by atoms with Gasteiger partial charge in [-0.25, -0.2) is 0 Å². The molecule has 0 saturated carbocycles.